The highest BCUT2D eigenvalue weighted by Gasteiger charge is 2.26. The van der Waals surface area contributed by atoms with Gasteiger partial charge in [0.05, 0.1) is 5.52 Å². The molecule has 0 unspecified atom stereocenters. The summed E-state index contributed by atoms with van der Waals surface area (Å²) in [7, 11) is 0. The smallest absolute Gasteiger partial charge is 0.408 e. The fourth-order valence-electron chi connectivity index (χ4n) is 3.29. The lowest BCUT2D eigenvalue weighted by Crippen LogP contribution is -2.44. The van der Waals surface area contributed by atoms with Crippen LogP contribution in [0.25, 0.3) is 11.1 Å². The van der Waals surface area contributed by atoms with E-state index in [0.29, 0.717) is 28.0 Å². The summed E-state index contributed by atoms with van der Waals surface area (Å²) < 4.78 is 6.54. The summed E-state index contributed by atoms with van der Waals surface area (Å²) in [4.78, 5) is 26.3. The Morgan fingerprint density at radius 1 is 1.32 bits per heavy atom. The first-order valence-corrected chi connectivity index (χ1v) is 7.88. The van der Waals surface area contributed by atoms with E-state index in [1.54, 1.807) is 18.2 Å². The van der Waals surface area contributed by atoms with Crippen LogP contribution in [0.15, 0.2) is 27.4 Å². The zero-order chi connectivity index (χ0) is 15.9. The fourth-order valence-corrected chi connectivity index (χ4v) is 3.45. The summed E-state index contributed by atoms with van der Waals surface area (Å²) in [6.07, 6.45) is 1.14. The van der Waals surface area contributed by atoms with Crippen molar-refractivity contribution in [3.8, 4) is 0 Å². The van der Waals surface area contributed by atoms with Crippen molar-refractivity contribution in [1.29, 1.82) is 0 Å². The molecule has 118 valence electrons. The van der Waals surface area contributed by atoms with Gasteiger partial charge in [-0.05, 0) is 30.4 Å². The second kappa shape index (κ2) is 5.80. The third kappa shape index (κ3) is 2.90. The molecule has 1 saturated heterocycles. The molecule has 0 N–H and O–H groups in total. The van der Waals surface area contributed by atoms with Crippen LogP contribution in [0.1, 0.15) is 20.3 Å². The Hall–Kier alpha value is -1.75. The molecule has 3 rings (SSSR count). The Bertz CT molecular complexity index is 754. The topological polar surface area (TPSA) is 55.5 Å². The number of carbonyl (C=O) groups is 1. The van der Waals surface area contributed by atoms with Crippen LogP contribution in [0.3, 0.4) is 0 Å². The van der Waals surface area contributed by atoms with Gasteiger partial charge in [0, 0.05) is 24.2 Å². The first kappa shape index (κ1) is 15.2. The first-order valence-electron chi connectivity index (χ1n) is 7.50. The van der Waals surface area contributed by atoms with Crippen LogP contribution in [0.4, 0.5) is 0 Å². The van der Waals surface area contributed by atoms with Crippen molar-refractivity contribution < 1.29 is 9.21 Å². The molecule has 1 fully saturated rings. The molecule has 22 heavy (non-hydrogen) atoms. The maximum Gasteiger partial charge on any atom is 0.420 e. The molecule has 2 heterocycles. The molecule has 0 radical (unpaired) electrons. The van der Waals surface area contributed by atoms with Crippen LogP contribution in [-0.4, -0.2) is 28.5 Å². The van der Waals surface area contributed by atoms with Crippen molar-refractivity contribution in [1.82, 2.24) is 9.47 Å². The second-order valence-corrected chi connectivity index (χ2v) is 6.75. The number of carbonyl (C=O) groups excluding carboxylic acids is 1. The van der Waals surface area contributed by atoms with Crippen molar-refractivity contribution in [2.75, 3.05) is 13.1 Å². The molecule has 1 aliphatic rings. The Morgan fingerprint density at radius 3 is 2.68 bits per heavy atom. The van der Waals surface area contributed by atoms with Gasteiger partial charge in [-0.25, -0.2) is 4.79 Å². The number of nitrogens with zero attached hydrogens (tertiary/aromatic N) is 2. The number of aromatic nitrogens is 1. The van der Waals surface area contributed by atoms with Crippen molar-refractivity contribution >= 4 is 28.6 Å². The molecule has 0 aliphatic carbocycles. The number of halogens is 1. The quantitative estimate of drug-likeness (QED) is 0.854. The summed E-state index contributed by atoms with van der Waals surface area (Å²) in [5.41, 5.74) is 1.01. The summed E-state index contributed by atoms with van der Waals surface area (Å²) >= 11 is 5.89. The molecule has 2 atom stereocenters. The largest absolute Gasteiger partial charge is 0.420 e. The van der Waals surface area contributed by atoms with E-state index in [1.807, 2.05) is 4.90 Å². The Balaban J connectivity index is 1.85. The Labute approximate surface area is 133 Å². The number of oxazole rings is 1. The lowest BCUT2D eigenvalue weighted by molar-refractivity contribution is -0.134. The van der Waals surface area contributed by atoms with Crippen LogP contribution < -0.4 is 5.76 Å². The lowest BCUT2D eigenvalue weighted by atomic mass is 9.92. The zero-order valence-corrected chi connectivity index (χ0v) is 13.5. The number of hydrogen-bond donors (Lipinski definition) is 0. The van der Waals surface area contributed by atoms with Crippen molar-refractivity contribution in [2.45, 2.75) is 26.8 Å². The number of hydrogen-bond acceptors (Lipinski definition) is 3. The molecule has 1 aliphatic heterocycles. The highest BCUT2D eigenvalue weighted by molar-refractivity contribution is 6.31. The van der Waals surface area contributed by atoms with E-state index in [9.17, 15) is 9.59 Å². The van der Waals surface area contributed by atoms with Crippen molar-refractivity contribution in [2.24, 2.45) is 11.8 Å². The number of benzene rings is 1. The average molecular weight is 323 g/mol. The minimum atomic E-state index is -0.524. The van der Waals surface area contributed by atoms with Crippen LogP contribution in [-0.2, 0) is 11.3 Å². The SMILES string of the molecule is C[C@H]1C[C@H](C)CN(C(=O)Cn2c(=O)oc3cc(Cl)ccc32)C1. The molecule has 0 spiro atoms. The van der Waals surface area contributed by atoms with E-state index in [4.69, 9.17) is 16.0 Å². The maximum absolute atomic E-state index is 12.5. The summed E-state index contributed by atoms with van der Waals surface area (Å²) in [5, 5.41) is 0.499. The number of fused-ring (bicyclic) bond motifs is 1. The van der Waals surface area contributed by atoms with Gasteiger partial charge < -0.3 is 9.32 Å². The molecule has 6 heteroatoms. The first-order chi connectivity index (χ1) is 10.4. The summed E-state index contributed by atoms with van der Waals surface area (Å²) in [5.74, 6) is 0.413. The molecule has 0 bridgehead atoms. The summed E-state index contributed by atoms with van der Waals surface area (Å²) in [6.45, 7) is 5.81. The highest BCUT2D eigenvalue weighted by atomic mass is 35.5. The van der Waals surface area contributed by atoms with E-state index >= 15 is 0 Å². The van der Waals surface area contributed by atoms with Crippen LogP contribution in [0.5, 0.6) is 0 Å². The standard InChI is InChI=1S/C16H19ClN2O3/c1-10-5-11(2)8-18(7-10)15(20)9-19-13-4-3-12(17)6-14(13)22-16(19)21/h3-4,6,10-11H,5,7-9H2,1-2H3/t10-,11-/m0/s1. The Morgan fingerprint density at radius 2 is 2.00 bits per heavy atom. The van der Waals surface area contributed by atoms with Crippen LogP contribution in [0.2, 0.25) is 5.02 Å². The van der Waals surface area contributed by atoms with Gasteiger partial charge >= 0.3 is 5.76 Å². The monoisotopic (exact) mass is 322 g/mol. The van der Waals surface area contributed by atoms with Crippen molar-refractivity contribution in [3.63, 3.8) is 0 Å². The normalized spacial score (nSPS) is 22.2. The van der Waals surface area contributed by atoms with E-state index < -0.39 is 5.76 Å². The molecular weight excluding hydrogens is 304 g/mol. The molecular formula is C16H19ClN2O3. The van der Waals surface area contributed by atoms with Crippen LogP contribution in [0, 0.1) is 11.8 Å². The molecule has 1 aromatic carbocycles. The van der Waals surface area contributed by atoms with Gasteiger partial charge in [0.15, 0.2) is 5.58 Å². The van der Waals surface area contributed by atoms with Gasteiger partial charge in [-0.2, -0.15) is 0 Å². The van der Waals surface area contributed by atoms with Gasteiger partial charge in [-0.1, -0.05) is 25.4 Å². The minimum absolute atomic E-state index is 0.00685. The third-order valence-corrected chi connectivity index (χ3v) is 4.38. The van der Waals surface area contributed by atoms with Gasteiger partial charge in [0.1, 0.15) is 6.54 Å². The second-order valence-electron chi connectivity index (χ2n) is 6.31. The minimum Gasteiger partial charge on any atom is -0.408 e. The predicted octanol–water partition coefficient (Wildman–Crippen LogP) is 2.75. The lowest BCUT2D eigenvalue weighted by Gasteiger charge is -2.35. The van der Waals surface area contributed by atoms with E-state index in [1.165, 1.54) is 4.57 Å². The number of amides is 1. The van der Waals surface area contributed by atoms with E-state index in [-0.39, 0.29) is 12.5 Å². The van der Waals surface area contributed by atoms with Gasteiger partial charge in [-0.15, -0.1) is 0 Å². The number of likely N-dealkylation sites (tertiary alicyclic amines) is 1. The molecule has 2 aromatic rings. The number of rotatable bonds is 2. The molecule has 1 amide bonds. The Kier molecular flexibility index (Phi) is 4.00. The van der Waals surface area contributed by atoms with Gasteiger partial charge in [-0.3, -0.25) is 9.36 Å². The van der Waals surface area contributed by atoms with E-state index in [2.05, 4.69) is 13.8 Å². The van der Waals surface area contributed by atoms with Crippen molar-refractivity contribution in [3.05, 3.63) is 33.8 Å². The highest BCUT2D eigenvalue weighted by Crippen LogP contribution is 2.22. The van der Waals surface area contributed by atoms with Gasteiger partial charge in [0.2, 0.25) is 5.91 Å². The number of piperidine rings is 1. The maximum atomic E-state index is 12.5. The molecule has 0 saturated carbocycles. The zero-order valence-electron chi connectivity index (χ0n) is 12.7. The molecule has 5 nitrogen and oxygen atoms in total. The van der Waals surface area contributed by atoms with Gasteiger partial charge in [0.25, 0.3) is 0 Å². The fraction of sp³-hybridized carbons (Fsp3) is 0.500. The third-order valence-electron chi connectivity index (χ3n) is 4.15. The summed E-state index contributed by atoms with van der Waals surface area (Å²) in [6, 6.07) is 4.98. The van der Waals surface area contributed by atoms with Crippen LogP contribution >= 0.6 is 11.6 Å². The predicted molar refractivity (Wildman–Crippen MR) is 85.0 cm³/mol. The van der Waals surface area contributed by atoms with E-state index in [0.717, 1.165) is 19.5 Å². The average Bonchev–Trinajstić information content (AvgIpc) is 2.73. The molecule has 1 aromatic heterocycles.